The van der Waals surface area contributed by atoms with Crippen molar-refractivity contribution in [3.05, 3.63) is 42.1 Å². The lowest BCUT2D eigenvalue weighted by Crippen LogP contribution is -2.15. The average Bonchev–Trinajstić information content (AvgIpc) is 2.88. The molecule has 19 heavy (non-hydrogen) atoms. The van der Waals surface area contributed by atoms with Crippen molar-refractivity contribution in [2.45, 2.75) is 19.4 Å². The van der Waals surface area contributed by atoms with Crippen LogP contribution < -0.4 is 5.32 Å². The molecule has 2 N–H and O–H groups in total. The molecule has 0 spiro atoms. The van der Waals surface area contributed by atoms with E-state index < -0.39 is 5.97 Å². The molecule has 1 aromatic carbocycles. The van der Waals surface area contributed by atoms with Crippen LogP contribution in [0.3, 0.4) is 0 Å². The van der Waals surface area contributed by atoms with Gasteiger partial charge in [-0.1, -0.05) is 35.5 Å². The van der Waals surface area contributed by atoms with Crippen LogP contribution in [0, 0.1) is 0 Å². The smallest absolute Gasteiger partial charge is 0.303 e. The largest absolute Gasteiger partial charge is 0.481 e. The topological polar surface area (TPSA) is 75.4 Å². The van der Waals surface area contributed by atoms with Crippen molar-refractivity contribution in [2.24, 2.45) is 0 Å². The van der Waals surface area contributed by atoms with Crippen LogP contribution in [-0.2, 0) is 11.3 Å². The number of rotatable bonds is 7. The highest BCUT2D eigenvalue weighted by molar-refractivity contribution is 5.66. The average molecular weight is 260 g/mol. The molecule has 0 bridgehead atoms. The molecular formula is C14H16N2O3. The maximum Gasteiger partial charge on any atom is 0.303 e. The minimum absolute atomic E-state index is 0.182. The minimum atomic E-state index is -0.769. The van der Waals surface area contributed by atoms with E-state index in [0.29, 0.717) is 19.5 Å². The molecule has 0 radical (unpaired) electrons. The van der Waals surface area contributed by atoms with Gasteiger partial charge in [-0.2, -0.15) is 0 Å². The lowest BCUT2D eigenvalue weighted by molar-refractivity contribution is -0.137. The van der Waals surface area contributed by atoms with Gasteiger partial charge >= 0.3 is 5.97 Å². The Morgan fingerprint density at radius 3 is 2.84 bits per heavy atom. The summed E-state index contributed by atoms with van der Waals surface area (Å²) in [6.45, 7) is 1.23. The van der Waals surface area contributed by atoms with Gasteiger partial charge in [0, 0.05) is 24.6 Å². The number of hydrogen-bond donors (Lipinski definition) is 2. The lowest BCUT2D eigenvalue weighted by Gasteiger charge is -1.99. The molecule has 0 unspecified atom stereocenters. The highest BCUT2D eigenvalue weighted by Gasteiger charge is 2.05. The molecule has 0 aliphatic rings. The highest BCUT2D eigenvalue weighted by atomic mass is 16.5. The third kappa shape index (κ3) is 4.22. The number of nitrogens with zero attached hydrogens (tertiary/aromatic N) is 1. The molecule has 0 amide bonds. The maximum atomic E-state index is 10.3. The summed E-state index contributed by atoms with van der Waals surface area (Å²) in [6, 6.07) is 11.7. The van der Waals surface area contributed by atoms with Gasteiger partial charge in [0.15, 0.2) is 5.76 Å². The Hall–Kier alpha value is -2.14. The molecular weight excluding hydrogens is 244 g/mol. The molecule has 2 rings (SSSR count). The molecule has 0 saturated carbocycles. The summed E-state index contributed by atoms with van der Waals surface area (Å²) >= 11 is 0. The van der Waals surface area contributed by atoms with Crippen molar-refractivity contribution >= 4 is 5.97 Å². The number of hydrogen-bond acceptors (Lipinski definition) is 4. The van der Waals surface area contributed by atoms with Crippen molar-refractivity contribution in [1.82, 2.24) is 10.5 Å². The third-order valence-corrected chi connectivity index (χ3v) is 2.67. The first-order valence-corrected chi connectivity index (χ1v) is 6.19. The number of nitrogens with one attached hydrogen (secondary N) is 1. The van der Waals surface area contributed by atoms with Crippen LogP contribution in [0.25, 0.3) is 11.3 Å². The SMILES string of the molecule is O=C(O)CCCNCc1cc(-c2ccccc2)on1. The molecule has 5 heteroatoms. The van der Waals surface area contributed by atoms with E-state index in [0.717, 1.165) is 17.0 Å². The zero-order chi connectivity index (χ0) is 13.5. The maximum absolute atomic E-state index is 10.3. The molecule has 2 aromatic rings. The van der Waals surface area contributed by atoms with Crippen molar-refractivity contribution < 1.29 is 14.4 Å². The van der Waals surface area contributed by atoms with E-state index in [4.69, 9.17) is 9.63 Å². The first-order valence-electron chi connectivity index (χ1n) is 6.19. The second kappa shape index (κ2) is 6.70. The normalized spacial score (nSPS) is 10.5. The zero-order valence-corrected chi connectivity index (χ0v) is 10.5. The van der Waals surface area contributed by atoms with Gasteiger partial charge in [-0.25, -0.2) is 0 Å². The molecule has 0 saturated heterocycles. The van der Waals surface area contributed by atoms with E-state index in [1.165, 1.54) is 0 Å². The second-order valence-electron chi connectivity index (χ2n) is 4.22. The van der Waals surface area contributed by atoms with Gasteiger partial charge in [-0.15, -0.1) is 0 Å². The third-order valence-electron chi connectivity index (χ3n) is 2.67. The van der Waals surface area contributed by atoms with Crippen LogP contribution in [0.5, 0.6) is 0 Å². The zero-order valence-electron chi connectivity index (χ0n) is 10.5. The monoisotopic (exact) mass is 260 g/mol. The first-order chi connectivity index (χ1) is 9.25. The van der Waals surface area contributed by atoms with Gasteiger partial charge in [-0.3, -0.25) is 4.79 Å². The van der Waals surface area contributed by atoms with Gasteiger partial charge in [0.2, 0.25) is 0 Å². The number of benzene rings is 1. The van der Waals surface area contributed by atoms with Crippen molar-refractivity contribution in [3.63, 3.8) is 0 Å². The summed E-state index contributed by atoms with van der Waals surface area (Å²) < 4.78 is 5.26. The fourth-order valence-corrected chi connectivity index (χ4v) is 1.71. The predicted molar refractivity (Wildman–Crippen MR) is 70.5 cm³/mol. The van der Waals surface area contributed by atoms with E-state index >= 15 is 0 Å². The number of aliphatic carboxylic acids is 1. The van der Waals surface area contributed by atoms with Gasteiger partial charge in [0.25, 0.3) is 0 Å². The summed E-state index contributed by atoms with van der Waals surface area (Å²) in [5.74, 6) is -0.0301. The lowest BCUT2D eigenvalue weighted by atomic mass is 10.2. The number of carboxylic acids is 1. The molecule has 1 heterocycles. The second-order valence-corrected chi connectivity index (χ2v) is 4.22. The molecule has 5 nitrogen and oxygen atoms in total. The Morgan fingerprint density at radius 1 is 1.32 bits per heavy atom. The molecule has 100 valence electrons. The van der Waals surface area contributed by atoms with Crippen LogP contribution >= 0.6 is 0 Å². The number of aromatic nitrogens is 1. The minimum Gasteiger partial charge on any atom is -0.481 e. The summed E-state index contributed by atoms with van der Waals surface area (Å²) in [4.78, 5) is 10.3. The van der Waals surface area contributed by atoms with Crippen molar-refractivity contribution in [1.29, 1.82) is 0 Å². The fourth-order valence-electron chi connectivity index (χ4n) is 1.71. The van der Waals surface area contributed by atoms with Gasteiger partial charge in [-0.05, 0) is 13.0 Å². The van der Waals surface area contributed by atoms with Gasteiger partial charge < -0.3 is 14.9 Å². The van der Waals surface area contributed by atoms with E-state index in [-0.39, 0.29) is 6.42 Å². The Morgan fingerprint density at radius 2 is 2.11 bits per heavy atom. The predicted octanol–water partition coefficient (Wildman–Crippen LogP) is 2.30. The fraction of sp³-hybridized carbons (Fsp3) is 0.286. The Labute approximate surface area is 111 Å². The van der Waals surface area contributed by atoms with E-state index in [9.17, 15) is 4.79 Å². The molecule has 0 fully saturated rings. The summed E-state index contributed by atoms with van der Waals surface area (Å²) in [5.41, 5.74) is 1.81. The van der Waals surface area contributed by atoms with E-state index in [1.807, 2.05) is 36.4 Å². The highest BCUT2D eigenvalue weighted by Crippen LogP contribution is 2.19. The molecule has 0 aliphatic carbocycles. The summed E-state index contributed by atoms with van der Waals surface area (Å²) in [6.07, 6.45) is 0.791. The van der Waals surface area contributed by atoms with E-state index in [2.05, 4.69) is 10.5 Å². The molecule has 0 aliphatic heterocycles. The van der Waals surface area contributed by atoms with Gasteiger partial charge in [0.1, 0.15) is 0 Å². The standard InChI is InChI=1S/C14H16N2O3/c17-14(18)7-4-8-15-10-12-9-13(19-16-12)11-5-2-1-3-6-11/h1-3,5-6,9,15H,4,7-8,10H2,(H,17,18). The molecule has 0 atom stereocenters. The van der Waals surface area contributed by atoms with Crippen LogP contribution in [0.2, 0.25) is 0 Å². The van der Waals surface area contributed by atoms with E-state index in [1.54, 1.807) is 0 Å². The van der Waals surface area contributed by atoms with Crippen molar-refractivity contribution in [2.75, 3.05) is 6.54 Å². The van der Waals surface area contributed by atoms with Crippen LogP contribution in [0.4, 0.5) is 0 Å². The first kappa shape index (κ1) is 13.3. The van der Waals surface area contributed by atoms with Crippen LogP contribution in [-0.4, -0.2) is 22.8 Å². The Bertz CT molecular complexity index is 522. The van der Waals surface area contributed by atoms with Gasteiger partial charge in [0.05, 0.1) is 5.69 Å². The Kier molecular flexibility index (Phi) is 4.69. The summed E-state index contributed by atoms with van der Waals surface area (Å²) in [7, 11) is 0. The quantitative estimate of drug-likeness (QED) is 0.747. The number of carboxylic acid groups (broad SMARTS) is 1. The van der Waals surface area contributed by atoms with Crippen LogP contribution in [0.15, 0.2) is 40.9 Å². The summed E-state index contributed by atoms with van der Waals surface area (Å²) in [5, 5.41) is 15.6. The van der Waals surface area contributed by atoms with Crippen molar-refractivity contribution in [3.8, 4) is 11.3 Å². The molecule has 1 aromatic heterocycles. The number of carbonyl (C=O) groups is 1. The Balaban J connectivity index is 1.80. The van der Waals surface area contributed by atoms with Crippen LogP contribution in [0.1, 0.15) is 18.5 Å².